The van der Waals surface area contributed by atoms with Crippen molar-refractivity contribution in [3.63, 3.8) is 0 Å². The summed E-state index contributed by atoms with van der Waals surface area (Å²) in [6.07, 6.45) is 2.02. The highest BCUT2D eigenvalue weighted by molar-refractivity contribution is 7.11. The molecule has 0 radical (unpaired) electrons. The summed E-state index contributed by atoms with van der Waals surface area (Å²) in [6, 6.07) is 11.1. The molecule has 108 valence electrons. The van der Waals surface area contributed by atoms with Crippen molar-refractivity contribution in [1.29, 1.82) is 0 Å². The average Bonchev–Trinajstić information content (AvgIpc) is 2.89. The maximum Gasteiger partial charge on any atom is 0.124 e. The molecule has 1 heterocycles. The van der Waals surface area contributed by atoms with E-state index in [4.69, 9.17) is 0 Å². The molecule has 1 aromatic heterocycles. The maximum atomic E-state index is 4.40. The van der Waals surface area contributed by atoms with Gasteiger partial charge < -0.3 is 5.32 Å². The van der Waals surface area contributed by atoms with Crippen molar-refractivity contribution in [3.8, 4) is 0 Å². The number of hydrogen-bond donors (Lipinski definition) is 1. The van der Waals surface area contributed by atoms with E-state index in [1.807, 2.05) is 0 Å². The van der Waals surface area contributed by atoms with Gasteiger partial charge in [0.1, 0.15) is 10.0 Å². The van der Waals surface area contributed by atoms with Crippen LogP contribution in [-0.4, -0.2) is 22.8 Å². The predicted molar refractivity (Wildman–Crippen MR) is 85.3 cm³/mol. The molecule has 2 rings (SSSR count). The van der Waals surface area contributed by atoms with Crippen LogP contribution in [0.25, 0.3) is 0 Å². The van der Waals surface area contributed by atoms with E-state index in [-0.39, 0.29) is 0 Å². The lowest BCUT2D eigenvalue weighted by molar-refractivity contribution is 0.588. The second-order valence-electron chi connectivity index (χ2n) is 5.26. The molecule has 1 N–H and O–H groups in total. The molecule has 2 aromatic rings. The van der Waals surface area contributed by atoms with Gasteiger partial charge in [-0.05, 0) is 12.0 Å². The van der Waals surface area contributed by atoms with E-state index in [9.17, 15) is 0 Å². The lowest BCUT2D eigenvalue weighted by Crippen LogP contribution is -2.24. The van der Waals surface area contributed by atoms with E-state index in [1.165, 1.54) is 5.56 Å². The second kappa shape index (κ2) is 7.50. The van der Waals surface area contributed by atoms with Crippen LogP contribution in [0.15, 0.2) is 30.3 Å². The molecule has 0 amide bonds. The minimum Gasteiger partial charge on any atom is -0.314 e. The van der Waals surface area contributed by atoms with E-state index in [0.29, 0.717) is 12.0 Å². The van der Waals surface area contributed by atoms with Gasteiger partial charge in [0.05, 0.1) is 0 Å². The third-order valence-corrected chi connectivity index (χ3v) is 4.38. The Bertz CT molecular complexity index is 507. The Morgan fingerprint density at radius 3 is 2.55 bits per heavy atom. The summed E-state index contributed by atoms with van der Waals surface area (Å²) in [7, 11) is 0. The van der Waals surface area contributed by atoms with E-state index in [1.54, 1.807) is 11.3 Å². The Hall–Kier alpha value is -1.26. The summed E-state index contributed by atoms with van der Waals surface area (Å²) in [5, 5.41) is 14.4. The van der Waals surface area contributed by atoms with Crippen molar-refractivity contribution in [3.05, 3.63) is 45.9 Å². The summed E-state index contributed by atoms with van der Waals surface area (Å²) >= 11 is 1.75. The number of benzene rings is 1. The van der Waals surface area contributed by atoms with Gasteiger partial charge in [-0.2, -0.15) is 0 Å². The van der Waals surface area contributed by atoms with Crippen molar-refractivity contribution in [2.75, 3.05) is 6.54 Å². The first-order valence-electron chi connectivity index (χ1n) is 7.31. The quantitative estimate of drug-likeness (QED) is 0.846. The number of nitrogens with zero attached hydrogens (tertiary/aromatic N) is 2. The van der Waals surface area contributed by atoms with Crippen LogP contribution < -0.4 is 5.32 Å². The predicted octanol–water partition coefficient (Wildman–Crippen LogP) is 3.62. The van der Waals surface area contributed by atoms with Crippen LogP contribution in [0.5, 0.6) is 0 Å². The van der Waals surface area contributed by atoms with Crippen molar-refractivity contribution >= 4 is 11.3 Å². The van der Waals surface area contributed by atoms with E-state index >= 15 is 0 Å². The Labute approximate surface area is 125 Å². The average molecular weight is 289 g/mol. The largest absolute Gasteiger partial charge is 0.314 e. The molecule has 3 nitrogen and oxygen atoms in total. The third kappa shape index (κ3) is 4.12. The SMILES string of the molecule is CCC(c1ccccc1)c1nnc(CCNC(C)C)s1. The topological polar surface area (TPSA) is 37.8 Å². The maximum absolute atomic E-state index is 4.40. The van der Waals surface area contributed by atoms with E-state index < -0.39 is 0 Å². The van der Waals surface area contributed by atoms with Crippen LogP contribution in [-0.2, 0) is 6.42 Å². The van der Waals surface area contributed by atoms with E-state index in [2.05, 4.69) is 66.6 Å². The van der Waals surface area contributed by atoms with Crippen LogP contribution in [0.4, 0.5) is 0 Å². The standard InChI is InChI=1S/C16H23N3S/c1-4-14(13-8-6-5-7-9-13)16-19-18-15(20-16)10-11-17-12(2)3/h5-9,12,14,17H,4,10-11H2,1-3H3. The monoisotopic (exact) mass is 289 g/mol. The van der Waals surface area contributed by atoms with Crippen molar-refractivity contribution in [1.82, 2.24) is 15.5 Å². The molecule has 20 heavy (non-hydrogen) atoms. The third-order valence-electron chi connectivity index (χ3n) is 3.28. The minimum absolute atomic E-state index is 0.375. The highest BCUT2D eigenvalue weighted by Crippen LogP contribution is 2.29. The molecule has 1 unspecified atom stereocenters. The smallest absolute Gasteiger partial charge is 0.124 e. The van der Waals surface area contributed by atoms with Gasteiger partial charge in [0.15, 0.2) is 0 Å². The molecule has 0 aliphatic rings. The first-order valence-corrected chi connectivity index (χ1v) is 8.13. The van der Waals surface area contributed by atoms with Gasteiger partial charge in [-0.3, -0.25) is 0 Å². The zero-order valence-electron chi connectivity index (χ0n) is 12.5. The van der Waals surface area contributed by atoms with Crippen LogP contribution in [0.3, 0.4) is 0 Å². The Morgan fingerprint density at radius 2 is 1.90 bits per heavy atom. The first kappa shape index (κ1) is 15.1. The van der Waals surface area contributed by atoms with Crippen LogP contribution in [0.1, 0.15) is 48.7 Å². The summed E-state index contributed by atoms with van der Waals surface area (Å²) in [4.78, 5) is 0. The van der Waals surface area contributed by atoms with Crippen LogP contribution in [0.2, 0.25) is 0 Å². The fraction of sp³-hybridized carbons (Fsp3) is 0.500. The second-order valence-corrected chi connectivity index (χ2v) is 6.36. The van der Waals surface area contributed by atoms with Crippen molar-refractivity contribution < 1.29 is 0 Å². The number of aromatic nitrogens is 2. The van der Waals surface area contributed by atoms with Gasteiger partial charge in [-0.25, -0.2) is 0 Å². The van der Waals surface area contributed by atoms with E-state index in [0.717, 1.165) is 29.4 Å². The highest BCUT2D eigenvalue weighted by Gasteiger charge is 2.16. The highest BCUT2D eigenvalue weighted by atomic mass is 32.1. The molecule has 0 saturated carbocycles. The van der Waals surface area contributed by atoms with Gasteiger partial charge in [0, 0.05) is 24.9 Å². The van der Waals surface area contributed by atoms with Gasteiger partial charge in [-0.1, -0.05) is 51.1 Å². The molecule has 1 aromatic carbocycles. The van der Waals surface area contributed by atoms with Gasteiger partial charge in [0.25, 0.3) is 0 Å². The summed E-state index contributed by atoms with van der Waals surface area (Å²) in [5.74, 6) is 0.375. The fourth-order valence-corrected chi connectivity index (χ4v) is 3.27. The fourth-order valence-electron chi connectivity index (χ4n) is 2.21. The Kier molecular flexibility index (Phi) is 5.68. The van der Waals surface area contributed by atoms with Gasteiger partial charge in [-0.15, -0.1) is 21.5 Å². The molecule has 0 aliphatic heterocycles. The number of rotatable bonds is 7. The summed E-state index contributed by atoms with van der Waals surface area (Å²) < 4.78 is 0. The number of nitrogens with one attached hydrogen (secondary N) is 1. The molecular formula is C16H23N3S. The van der Waals surface area contributed by atoms with Crippen LogP contribution >= 0.6 is 11.3 Å². The molecule has 1 atom stereocenters. The Morgan fingerprint density at radius 1 is 1.15 bits per heavy atom. The lowest BCUT2D eigenvalue weighted by Gasteiger charge is -2.11. The lowest BCUT2D eigenvalue weighted by atomic mass is 9.97. The zero-order valence-corrected chi connectivity index (χ0v) is 13.3. The minimum atomic E-state index is 0.375. The molecular weight excluding hydrogens is 266 g/mol. The zero-order chi connectivity index (χ0) is 14.4. The summed E-state index contributed by atoms with van der Waals surface area (Å²) in [5.41, 5.74) is 1.33. The molecule has 0 saturated heterocycles. The first-order chi connectivity index (χ1) is 9.70. The molecule has 4 heteroatoms. The molecule has 0 bridgehead atoms. The Balaban J connectivity index is 2.03. The van der Waals surface area contributed by atoms with Crippen LogP contribution in [0, 0.1) is 0 Å². The number of hydrogen-bond acceptors (Lipinski definition) is 4. The van der Waals surface area contributed by atoms with Crippen molar-refractivity contribution in [2.24, 2.45) is 0 Å². The normalized spacial score (nSPS) is 12.8. The van der Waals surface area contributed by atoms with Gasteiger partial charge >= 0.3 is 0 Å². The molecule has 0 aliphatic carbocycles. The van der Waals surface area contributed by atoms with Gasteiger partial charge in [0.2, 0.25) is 0 Å². The van der Waals surface area contributed by atoms with Crippen molar-refractivity contribution in [2.45, 2.75) is 45.6 Å². The molecule has 0 spiro atoms. The molecule has 0 fully saturated rings. The summed E-state index contributed by atoms with van der Waals surface area (Å²) in [6.45, 7) is 7.50.